The molecular weight excluding hydrogens is 460 g/mol. The smallest absolute Gasteiger partial charge is 0.302 e. The zero-order chi connectivity index (χ0) is 24.7. The van der Waals surface area contributed by atoms with E-state index in [0.29, 0.717) is 0 Å². The van der Waals surface area contributed by atoms with Crippen molar-refractivity contribution in [3.05, 3.63) is 84.0 Å². The minimum absolute atomic E-state index is 0.0679. The number of carbonyl (C=O) groups excluding carboxylic acids is 1. The third-order valence-electron chi connectivity index (χ3n) is 5.28. The number of rotatable bonds is 10. The second-order valence-corrected chi connectivity index (χ2v) is 12.6. The molecule has 0 atom stereocenters. The van der Waals surface area contributed by atoms with E-state index < -0.39 is 29.7 Å². The van der Waals surface area contributed by atoms with Gasteiger partial charge in [-0.05, 0) is 45.0 Å². The summed E-state index contributed by atoms with van der Waals surface area (Å²) in [6.07, 6.45) is 5.54. The van der Waals surface area contributed by atoms with Crippen molar-refractivity contribution in [2.24, 2.45) is 0 Å². The summed E-state index contributed by atoms with van der Waals surface area (Å²) in [6, 6.07) is 12.3. The molecule has 0 saturated carbocycles. The Kier molecular flexibility index (Phi) is 8.80. The molecule has 0 saturated heterocycles. The molecule has 0 heterocycles. The van der Waals surface area contributed by atoms with E-state index in [-0.39, 0.29) is 29.2 Å². The van der Waals surface area contributed by atoms with Gasteiger partial charge in [0, 0.05) is 19.8 Å². The lowest BCUT2D eigenvalue weighted by molar-refractivity contribution is -0.139. The maximum atomic E-state index is 14.0. The molecule has 0 aliphatic carbocycles. The Morgan fingerprint density at radius 1 is 0.788 bits per heavy atom. The zero-order valence-electron chi connectivity index (χ0n) is 19.3. The summed E-state index contributed by atoms with van der Waals surface area (Å²) in [7, 11) is -8.74. The topological polar surface area (TPSA) is 94.6 Å². The molecule has 8 heteroatoms. The number of hydrogen-bond acceptors (Lipinski definition) is 6. The monoisotopic (exact) mass is 490 g/mol. The van der Waals surface area contributed by atoms with E-state index in [9.17, 15) is 21.6 Å². The number of hydrogen-bond donors (Lipinski definition) is 0. The molecule has 0 amide bonds. The maximum absolute atomic E-state index is 14.0. The number of benzene rings is 2. The summed E-state index contributed by atoms with van der Waals surface area (Å²) in [4.78, 5) is 10.9. The fourth-order valence-electron chi connectivity index (χ4n) is 3.32. The highest BCUT2D eigenvalue weighted by molar-refractivity contribution is 8.10. The van der Waals surface area contributed by atoms with Crippen molar-refractivity contribution >= 4 is 25.6 Å². The second kappa shape index (κ2) is 10.9. The Morgan fingerprint density at radius 2 is 1.21 bits per heavy atom. The summed E-state index contributed by atoms with van der Waals surface area (Å²) < 4.78 is 58.7. The van der Waals surface area contributed by atoms with Gasteiger partial charge in [0.25, 0.3) is 0 Å². The highest BCUT2D eigenvalue weighted by atomic mass is 32.3. The molecule has 0 aromatic heterocycles. The van der Waals surface area contributed by atoms with Crippen LogP contribution in [0.15, 0.2) is 82.6 Å². The van der Waals surface area contributed by atoms with Crippen LogP contribution in [0.4, 0.5) is 0 Å². The Morgan fingerprint density at radius 3 is 1.61 bits per heavy atom. The molecule has 2 aromatic rings. The van der Waals surface area contributed by atoms with Gasteiger partial charge in [0.05, 0.1) is 9.79 Å². The Labute approximate surface area is 196 Å². The van der Waals surface area contributed by atoms with E-state index in [1.54, 1.807) is 43.3 Å². The molecule has 0 fully saturated rings. The first-order chi connectivity index (χ1) is 15.5. The maximum Gasteiger partial charge on any atom is 0.302 e. The number of carbonyl (C=O) groups is 1. The Hall–Kier alpha value is -2.71. The third-order valence-corrected chi connectivity index (χ3v) is 11.0. The lowest BCUT2D eigenvalue weighted by atomic mass is 10.2. The molecule has 0 N–H and O–H groups in total. The van der Waals surface area contributed by atoms with Gasteiger partial charge in [-0.2, -0.15) is 0 Å². The van der Waals surface area contributed by atoms with Gasteiger partial charge in [0.2, 0.25) is 0 Å². The van der Waals surface area contributed by atoms with Gasteiger partial charge in [-0.15, -0.1) is 0 Å². The van der Waals surface area contributed by atoms with Gasteiger partial charge in [0.1, 0.15) is 6.61 Å². The highest BCUT2D eigenvalue weighted by Crippen LogP contribution is 2.42. The van der Waals surface area contributed by atoms with Crippen molar-refractivity contribution in [3.8, 4) is 0 Å². The molecule has 0 aliphatic rings. The van der Waals surface area contributed by atoms with Crippen LogP contribution in [0.1, 0.15) is 37.8 Å². The van der Waals surface area contributed by atoms with Crippen molar-refractivity contribution in [1.82, 2.24) is 0 Å². The normalized spacial score (nSPS) is 13.0. The van der Waals surface area contributed by atoms with Gasteiger partial charge in [-0.1, -0.05) is 59.7 Å². The van der Waals surface area contributed by atoms with Crippen LogP contribution in [-0.2, 0) is 29.2 Å². The fourth-order valence-corrected chi connectivity index (χ4v) is 8.17. The van der Waals surface area contributed by atoms with E-state index in [4.69, 9.17) is 4.74 Å². The predicted molar refractivity (Wildman–Crippen MR) is 129 cm³/mol. The third kappa shape index (κ3) is 5.81. The minimum atomic E-state index is -4.37. The van der Waals surface area contributed by atoms with Crippen molar-refractivity contribution in [1.29, 1.82) is 0 Å². The number of sulfone groups is 2. The molecule has 0 unspecified atom stereocenters. The van der Waals surface area contributed by atoms with Crippen molar-refractivity contribution < 1.29 is 26.4 Å². The predicted octanol–water partition coefficient (Wildman–Crippen LogP) is 4.72. The summed E-state index contributed by atoms with van der Waals surface area (Å²) in [5.74, 6) is -0.487. The van der Waals surface area contributed by atoms with Crippen molar-refractivity contribution in [3.63, 3.8) is 0 Å². The van der Waals surface area contributed by atoms with Gasteiger partial charge in [-0.25, -0.2) is 16.8 Å². The molecule has 2 rings (SSSR count). The molecule has 2 aromatic carbocycles. The van der Waals surface area contributed by atoms with Crippen molar-refractivity contribution in [2.45, 2.75) is 54.4 Å². The molecule has 0 bridgehead atoms. The van der Waals surface area contributed by atoms with Crippen LogP contribution in [0.5, 0.6) is 0 Å². The minimum Gasteiger partial charge on any atom is -0.462 e. The Bertz CT molecular complexity index is 1150. The highest BCUT2D eigenvalue weighted by Gasteiger charge is 2.54. The number of allylic oxidation sites excluding steroid dienone is 3. The molecule has 6 nitrogen and oxygen atoms in total. The van der Waals surface area contributed by atoms with Crippen LogP contribution in [-0.4, -0.2) is 33.5 Å². The van der Waals surface area contributed by atoms with Crippen molar-refractivity contribution in [2.75, 3.05) is 6.61 Å². The first kappa shape index (κ1) is 26.5. The lowest BCUT2D eigenvalue weighted by Crippen LogP contribution is -2.46. The quantitative estimate of drug-likeness (QED) is 0.353. The van der Waals surface area contributed by atoms with Crippen LogP contribution in [0.3, 0.4) is 0 Å². The van der Waals surface area contributed by atoms with Crippen LogP contribution in [0.25, 0.3) is 0 Å². The molecule has 178 valence electrons. The van der Waals surface area contributed by atoms with Gasteiger partial charge < -0.3 is 4.74 Å². The molecule has 33 heavy (non-hydrogen) atoms. The summed E-state index contributed by atoms with van der Waals surface area (Å²) in [5, 5.41) is 0. The molecule has 0 radical (unpaired) electrons. The molecule has 0 spiro atoms. The summed E-state index contributed by atoms with van der Waals surface area (Å²) in [5.41, 5.74) is 1.71. The number of esters is 1. The summed E-state index contributed by atoms with van der Waals surface area (Å²) >= 11 is 0. The van der Waals surface area contributed by atoms with E-state index in [1.165, 1.54) is 43.3 Å². The van der Waals surface area contributed by atoms with E-state index in [1.807, 2.05) is 13.8 Å². The molecular formula is C25H30O6S2. The first-order valence-electron chi connectivity index (χ1n) is 10.5. The standard InChI is InChI=1S/C25H30O6S2/c1-5-6-17-25(18-7-8-19-31-22(4)26,32(27,28)23-13-9-20(2)10-14-23)33(29,30)24-15-11-21(3)12-16-24/h5-16H,17-19H2,1-4H3/b6-5+,8-7+. The van der Waals surface area contributed by atoms with Crippen LogP contribution < -0.4 is 0 Å². The Balaban J connectivity index is 2.75. The van der Waals surface area contributed by atoms with Crippen LogP contribution >= 0.6 is 0 Å². The zero-order valence-corrected chi connectivity index (χ0v) is 20.9. The molecule has 0 aliphatic heterocycles. The number of ether oxygens (including phenoxy) is 1. The van der Waals surface area contributed by atoms with Gasteiger partial charge in [0.15, 0.2) is 23.8 Å². The average Bonchev–Trinajstić information content (AvgIpc) is 2.75. The first-order valence-corrected chi connectivity index (χ1v) is 13.5. The SMILES string of the molecule is C/C=C/CC(C/C=C/COC(C)=O)(S(=O)(=O)c1ccc(C)cc1)S(=O)(=O)c1ccc(C)cc1. The van der Waals surface area contributed by atoms with E-state index in [2.05, 4.69) is 0 Å². The van der Waals surface area contributed by atoms with Gasteiger partial charge >= 0.3 is 5.97 Å². The lowest BCUT2D eigenvalue weighted by Gasteiger charge is -2.31. The average molecular weight is 491 g/mol. The van der Waals surface area contributed by atoms with Crippen LogP contribution in [0.2, 0.25) is 0 Å². The van der Waals surface area contributed by atoms with E-state index >= 15 is 0 Å². The largest absolute Gasteiger partial charge is 0.462 e. The number of aryl methyl sites for hydroxylation is 2. The van der Waals surface area contributed by atoms with Gasteiger partial charge in [-0.3, -0.25) is 4.79 Å². The fraction of sp³-hybridized carbons (Fsp3) is 0.320. The second-order valence-electron chi connectivity index (χ2n) is 7.79. The van der Waals surface area contributed by atoms with Crippen LogP contribution in [0, 0.1) is 13.8 Å². The van der Waals surface area contributed by atoms with E-state index in [0.717, 1.165) is 11.1 Å². The summed E-state index contributed by atoms with van der Waals surface area (Å²) in [6.45, 7) is 6.53.